The number of ether oxygens (including phenoxy) is 3. The van der Waals surface area contributed by atoms with Gasteiger partial charge in [-0.05, 0) is 62.3 Å². The number of rotatable bonds is 12. The Bertz CT molecular complexity index is 709. The molecule has 2 aliphatic rings. The number of hydrogen-bond acceptors (Lipinski definition) is 5. The summed E-state index contributed by atoms with van der Waals surface area (Å²) in [6.45, 7) is 5.84. The fourth-order valence-corrected chi connectivity index (χ4v) is 4.55. The van der Waals surface area contributed by atoms with Crippen LogP contribution in [0.2, 0.25) is 0 Å². The van der Waals surface area contributed by atoms with Gasteiger partial charge in [0, 0.05) is 59.7 Å². The van der Waals surface area contributed by atoms with Crippen molar-refractivity contribution >= 4 is 29.9 Å². The molecule has 1 aliphatic carbocycles. The summed E-state index contributed by atoms with van der Waals surface area (Å²) in [5.74, 6) is 1.76. The fourth-order valence-electron chi connectivity index (χ4n) is 4.55. The summed E-state index contributed by atoms with van der Waals surface area (Å²) in [4.78, 5) is 6.79. The van der Waals surface area contributed by atoms with Gasteiger partial charge in [-0.25, -0.2) is 0 Å². The Morgan fingerprint density at radius 2 is 2.00 bits per heavy atom. The lowest BCUT2D eigenvalue weighted by Crippen LogP contribution is -2.46. The monoisotopic (exact) mass is 574 g/mol. The Kier molecular flexibility index (Phi) is 12.8. The summed E-state index contributed by atoms with van der Waals surface area (Å²) in [5.41, 5.74) is 1.54. The van der Waals surface area contributed by atoms with Crippen LogP contribution in [0.4, 0.5) is 0 Å². The summed E-state index contributed by atoms with van der Waals surface area (Å²) in [7, 11) is 5.79. The van der Waals surface area contributed by atoms with Crippen molar-refractivity contribution in [3.05, 3.63) is 29.8 Å². The molecule has 0 amide bonds. The van der Waals surface area contributed by atoms with E-state index in [1.807, 2.05) is 13.1 Å². The molecule has 0 radical (unpaired) electrons. The van der Waals surface area contributed by atoms with E-state index in [1.165, 1.54) is 24.8 Å². The van der Waals surface area contributed by atoms with Crippen molar-refractivity contribution in [1.29, 1.82) is 0 Å². The van der Waals surface area contributed by atoms with Crippen molar-refractivity contribution < 1.29 is 14.2 Å². The maximum Gasteiger partial charge on any atom is 0.191 e. The maximum atomic E-state index is 6.03. The number of nitrogens with zero attached hydrogens (tertiary/aromatic N) is 2. The smallest absolute Gasteiger partial charge is 0.191 e. The predicted octanol–water partition coefficient (Wildman–Crippen LogP) is 3.67. The maximum absolute atomic E-state index is 6.03. The minimum absolute atomic E-state index is 0. The molecule has 0 bridgehead atoms. The van der Waals surface area contributed by atoms with Crippen molar-refractivity contribution in [2.24, 2.45) is 10.4 Å². The minimum atomic E-state index is 0. The summed E-state index contributed by atoms with van der Waals surface area (Å²) in [6, 6.07) is 8.92. The van der Waals surface area contributed by atoms with Crippen LogP contribution in [-0.2, 0) is 16.0 Å². The highest BCUT2D eigenvalue weighted by Crippen LogP contribution is 2.43. The number of guanidine groups is 1. The van der Waals surface area contributed by atoms with Gasteiger partial charge in [-0.3, -0.25) is 9.89 Å². The van der Waals surface area contributed by atoms with Gasteiger partial charge in [0.1, 0.15) is 12.4 Å². The Balaban J connectivity index is 0.00000385. The average molecular weight is 575 g/mol. The van der Waals surface area contributed by atoms with Crippen LogP contribution in [0.3, 0.4) is 0 Å². The zero-order chi connectivity index (χ0) is 22.7. The van der Waals surface area contributed by atoms with Crippen LogP contribution < -0.4 is 15.4 Å². The average Bonchev–Trinajstić information content (AvgIpc) is 2.80. The van der Waals surface area contributed by atoms with Gasteiger partial charge in [0.05, 0.1) is 0 Å². The van der Waals surface area contributed by atoms with E-state index in [0.29, 0.717) is 24.6 Å². The predicted molar refractivity (Wildman–Crippen MR) is 145 cm³/mol. The van der Waals surface area contributed by atoms with Crippen molar-refractivity contribution in [3.63, 3.8) is 0 Å². The molecular formula is C25H43IN4O3. The van der Waals surface area contributed by atoms with Crippen LogP contribution in [0, 0.1) is 5.41 Å². The molecule has 8 heteroatoms. The number of halogens is 1. The number of hydrogen-bond donors (Lipinski definition) is 2. The molecule has 7 nitrogen and oxygen atoms in total. The van der Waals surface area contributed by atoms with Crippen molar-refractivity contribution in [1.82, 2.24) is 15.5 Å². The summed E-state index contributed by atoms with van der Waals surface area (Å²) in [5, 5.41) is 6.96. The van der Waals surface area contributed by atoms with Crippen molar-refractivity contribution in [3.8, 4) is 5.75 Å². The quantitative estimate of drug-likeness (QED) is 0.226. The molecule has 188 valence electrons. The molecule has 1 saturated heterocycles. The Morgan fingerprint density at radius 3 is 2.67 bits per heavy atom. The fraction of sp³-hybridized carbons (Fsp3) is 0.720. The Labute approximate surface area is 217 Å². The van der Waals surface area contributed by atoms with E-state index in [9.17, 15) is 0 Å². The van der Waals surface area contributed by atoms with E-state index in [0.717, 1.165) is 63.9 Å². The molecule has 0 spiro atoms. The van der Waals surface area contributed by atoms with E-state index < -0.39 is 0 Å². The van der Waals surface area contributed by atoms with Crippen molar-refractivity contribution in [2.75, 3.05) is 60.7 Å². The molecule has 1 aromatic rings. The Morgan fingerprint density at radius 1 is 1.21 bits per heavy atom. The second-order valence-electron chi connectivity index (χ2n) is 9.20. The Hall–Kier alpha value is -1.10. The third-order valence-corrected chi connectivity index (χ3v) is 6.99. The SMILES string of the molecule is CN=C(NCc1cccc(OCCN(C)C2CCOCC2)c1)NCC1(CCOC)CCC1.I. The number of aliphatic imine (C=N–C) groups is 1. The molecule has 0 unspecified atom stereocenters. The zero-order valence-corrected chi connectivity index (χ0v) is 22.9. The van der Waals surface area contributed by atoms with Crippen LogP contribution in [0.15, 0.2) is 29.3 Å². The van der Waals surface area contributed by atoms with E-state index in [2.05, 4.69) is 45.8 Å². The van der Waals surface area contributed by atoms with E-state index in [-0.39, 0.29) is 24.0 Å². The number of methoxy groups -OCH3 is 1. The highest BCUT2D eigenvalue weighted by Gasteiger charge is 2.36. The molecule has 1 aromatic carbocycles. The summed E-state index contributed by atoms with van der Waals surface area (Å²) < 4.78 is 16.8. The lowest BCUT2D eigenvalue weighted by molar-refractivity contribution is 0.0392. The first-order valence-electron chi connectivity index (χ1n) is 12.1. The van der Waals surface area contributed by atoms with Gasteiger partial charge in [0.25, 0.3) is 0 Å². The third-order valence-electron chi connectivity index (χ3n) is 6.99. The summed E-state index contributed by atoms with van der Waals surface area (Å²) in [6.07, 6.45) is 7.18. The number of nitrogens with one attached hydrogen (secondary N) is 2. The van der Waals surface area contributed by atoms with E-state index >= 15 is 0 Å². The van der Waals surface area contributed by atoms with Crippen LogP contribution >= 0.6 is 24.0 Å². The summed E-state index contributed by atoms with van der Waals surface area (Å²) >= 11 is 0. The third kappa shape index (κ3) is 9.22. The lowest BCUT2D eigenvalue weighted by atomic mass is 9.67. The van der Waals surface area contributed by atoms with Crippen LogP contribution in [0.25, 0.3) is 0 Å². The topological polar surface area (TPSA) is 67.4 Å². The molecule has 0 aromatic heterocycles. The molecule has 1 heterocycles. The number of likely N-dealkylation sites (N-methyl/N-ethyl adjacent to an activating group) is 1. The van der Waals surface area contributed by atoms with Crippen LogP contribution in [0.1, 0.15) is 44.1 Å². The van der Waals surface area contributed by atoms with Gasteiger partial charge < -0.3 is 24.8 Å². The second kappa shape index (κ2) is 15.0. The van der Waals surface area contributed by atoms with E-state index in [1.54, 1.807) is 7.11 Å². The first-order chi connectivity index (χ1) is 15.6. The molecule has 2 fully saturated rings. The van der Waals surface area contributed by atoms with Crippen molar-refractivity contribution in [2.45, 2.75) is 51.1 Å². The zero-order valence-electron chi connectivity index (χ0n) is 20.6. The molecular weight excluding hydrogens is 531 g/mol. The normalized spacial score (nSPS) is 18.4. The standard InChI is InChI=1S/C25H42N4O3.HI/c1-26-24(28-20-25(10-5-11-25)12-16-30-3)27-19-21-6-4-7-23(18-21)32-17-13-29(2)22-8-14-31-15-9-22;/h4,6-7,18,22H,5,8-17,19-20H2,1-3H3,(H2,26,27,28);1H. The first-order valence-corrected chi connectivity index (χ1v) is 12.1. The highest BCUT2D eigenvalue weighted by molar-refractivity contribution is 14.0. The first kappa shape index (κ1) is 28.1. The lowest BCUT2D eigenvalue weighted by Gasteiger charge is -2.42. The largest absolute Gasteiger partial charge is 0.492 e. The molecule has 1 aliphatic heterocycles. The van der Waals surface area contributed by atoms with Crippen LogP contribution in [-0.4, -0.2) is 77.6 Å². The minimum Gasteiger partial charge on any atom is -0.492 e. The molecule has 0 atom stereocenters. The molecule has 33 heavy (non-hydrogen) atoms. The second-order valence-corrected chi connectivity index (χ2v) is 9.20. The highest BCUT2D eigenvalue weighted by atomic mass is 127. The van der Waals surface area contributed by atoms with Gasteiger partial charge in [-0.2, -0.15) is 0 Å². The van der Waals surface area contributed by atoms with Gasteiger partial charge in [0.2, 0.25) is 0 Å². The van der Waals surface area contributed by atoms with Gasteiger partial charge >= 0.3 is 0 Å². The van der Waals surface area contributed by atoms with Gasteiger partial charge in [0.15, 0.2) is 5.96 Å². The van der Waals surface area contributed by atoms with Gasteiger partial charge in [-0.1, -0.05) is 18.6 Å². The number of benzene rings is 1. The van der Waals surface area contributed by atoms with Crippen LogP contribution in [0.5, 0.6) is 5.75 Å². The molecule has 3 rings (SSSR count). The van der Waals surface area contributed by atoms with Gasteiger partial charge in [-0.15, -0.1) is 24.0 Å². The molecule has 1 saturated carbocycles. The molecule has 2 N–H and O–H groups in total. The van der Waals surface area contributed by atoms with E-state index in [4.69, 9.17) is 14.2 Å².